The molecule has 3 aromatic rings. The molecular weight excluding hydrogens is 417 g/mol. The van der Waals surface area contributed by atoms with Gasteiger partial charge in [0.2, 0.25) is 0 Å². The molecule has 3 aromatic carbocycles. The van der Waals surface area contributed by atoms with Crippen LogP contribution in [0.15, 0.2) is 71.2 Å². The maximum absolute atomic E-state index is 6.49. The van der Waals surface area contributed by atoms with Crippen LogP contribution in [0.4, 0.5) is 5.69 Å². The minimum Gasteiger partial charge on any atom is -0.378 e. The first-order chi connectivity index (χ1) is 12.1. The molecule has 0 unspecified atom stereocenters. The molecule has 0 amide bonds. The van der Waals surface area contributed by atoms with Gasteiger partial charge in [-0.1, -0.05) is 94.6 Å². The van der Waals surface area contributed by atoms with Gasteiger partial charge in [0, 0.05) is 21.3 Å². The molecule has 0 heterocycles. The third-order valence-corrected chi connectivity index (χ3v) is 5.20. The lowest BCUT2D eigenvalue weighted by Gasteiger charge is -2.22. The molecule has 0 saturated heterocycles. The SMILES string of the molecule is CC[C@@H](Nc1ccccc1-c1c(Cl)cc(Br)cc1Cl)c1ccccc1. The average molecular weight is 435 g/mol. The van der Waals surface area contributed by atoms with Crippen molar-refractivity contribution in [1.29, 1.82) is 0 Å². The fourth-order valence-electron chi connectivity index (χ4n) is 2.92. The van der Waals surface area contributed by atoms with E-state index in [0.717, 1.165) is 27.7 Å². The van der Waals surface area contributed by atoms with E-state index in [2.05, 4.69) is 58.5 Å². The predicted octanol–water partition coefficient (Wildman–Crippen LogP) is 7.99. The summed E-state index contributed by atoms with van der Waals surface area (Å²) in [4.78, 5) is 0. The lowest BCUT2D eigenvalue weighted by atomic mass is 10.0. The Hall–Kier alpha value is -1.48. The highest BCUT2D eigenvalue weighted by Crippen LogP contribution is 2.41. The zero-order valence-electron chi connectivity index (χ0n) is 13.8. The van der Waals surface area contributed by atoms with E-state index < -0.39 is 0 Å². The van der Waals surface area contributed by atoms with Gasteiger partial charge in [-0.3, -0.25) is 0 Å². The molecule has 0 aliphatic carbocycles. The highest BCUT2D eigenvalue weighted by atomic mass is 79.9. The Balaban J connectivity index is 2.02. The van der Waals surface area contributed by atoms with E-state index in [0.29, 0.717) is 10.0 Å². The molecule has 0 bridgehead atoms. The Morgan fingerprint density at radius 3 is 2.16 bits per heavy atom. The van der Waals surface area contributed by atoms with Crippen molar-refractivity contribution in [2.75, 3.05) is 5.32 Å². The first-order valence-electron chi connectivity index (χ1n) is 8.15. The summed E-state index contributed by atoms with van der Waals surface area (Å²) in [5, 5.41) is 4.90. The lowest BCUT2D eigenvalue weighted by Crippen LogP contribution is -2.10. The summed E-state index contributed by atoms with van der Waals surface area (Å²) in [6.07, 6.45) is 0.972. The highest BCUT2D eigenvalue weighted by Gasteiger charge is 2.16. The maximum Gasteiger partial charge on any atom is 0.0511 e. The summed E-state index contributed by atoms with van der Waals surface area (Å²) in [6.45, 7) is 2.17. The predicted molar refractivity (Wildman–Crippen MR) is 113 cm³/mol. The van der Waals surface area contributed by atoms with Crippen LogP contribution in [0.25, 0.3) is 11.1 Å². The molecule has 1 atom stereocenters. The van der Waals surface area contributed by atoms with Crippen LogP contribution in [0.5, 0.6) is 0 Å². The van der Waals surface area contributed by atoms with E-state index in [9.17, 15) is 0 Å². The van der Waals surface area contributed by atoms with Gasteiger partial charge in [0.1, 0.15) is 0 Å². The normalized spacial score (nSPS) is 12.0. The number of benzene rings is 3. The average Bonchev–Trinajstić information content (AvgIpc) is 2.60. The summed E-state index contributed by atoms with van der Waals surface area (Å²) >= 11 is 16.4. The Bertz CT molecular complexity index is 842. The number of para-hydroxylation sites is 1. The van der Waals surface area contributed by atoms with E-state index in [-0.39, 0.29) is 6.04 Å². The first-order valence-corrected chi connectivity index (χ1v) is 9.70. The third-order valence-electron chi connectivity index (χ3n) is 4.14. The number of anilines is 1. The molecule has 0 radical (unpaired) electrons. The molecule has 0 saturated carbocycles. The summed E-state index contributed by atoms with van der Waals surface area (Å²) < 4.78 is 0.868. The molecule has 0 spiro atoms. The monoisotopic (exact) mass is 433 g/mol. The maximum atomic E-state index is 6.49. The molecule has 0 aliphatic rings. The number of halogens is 3. The van der Waals surface area contributed by atoms with Crippen molar-refractivity contribution in [3.63, 3.8) is 0 Å². The Morgan fingerprint density at radius 1 is 0.920 bits per heavy atom. The van der Waals surface area contributed by atoms with Crippen LogP contribution in [0.2, 0.25) is 10.0 Å². The molecule has 0 aliphatic heterocycles. The molecule has 25 heavy (non-hydrogen) atoms. The van der Waals surface area contributed by atoms with Gasteiger partial charge in [0.25, 0.3) is 0 Å². The van der Waals surface area contributed by atoms with Crippen molar-refractivity contribution in [2.24, 2.45) is 0 Å². The number of nitrogens with one attached hydrogen (secondary N) is 1. The second kappa shape index (κ2) is 8.27. The van der Waals surface area contributed by atoms with Crippen LogP contribution in [0.3, 0.4) is 0 Å². The van der Waals surface area contributed by atoms with Gasteiger partial charge in [-0.15, -0.1) is 0 Å². The zero-order valence-corrected chi connectivity index (χ0v) is 16.9. The minimum absolute atomic E-state index is 0.218. The number of hydrogen-bond donors (Lipinski definition) is 1. The van der Waals surface area contributed by atoms with E-state index in [4.69, 9.17) is 23.2 Å². The Labute approximate surface area is 167 Å². The fraction of sp³-hybridized carbons (Fsp3) is 0.143. The molecule has 1 N–H and O–H groups in total. The molecular formula is C21H18BrCl2N. The summed E-state index contributed by atoms with van der Waals surface area (Å²) in [5.41, 5.74) is 4.12. The van der Waals surface area contributed by atoms with Crippen molar-refractivity contribution in [3.8, 4) is 11.1 Å². The molecule has 0 fully saturated rings. The van der Waals surface area contributed by atoms with Gasteiger partial charge in [-0.05, 0) is 30.2 Å². The number of rotatable bonds is 5. The molecule has 3 rings (SSSR count). The summed E-state index contributed by atoms with van der Waals surface area (Å²) in [6, 6.07) is 22.5. The van der Waals surface area contributed by atoms with Crippen LogP contribution in [-0.2, 0) is 0 Å². The smallest absolute Gasteiger partial charge is 0.0511 e. The van der Waals surface area contributed by atoms with Gasteiger partial charge >= 0.3 is 0 Å². The third kappa shape index (κ3) is 4.20. The Morgan fingerprint density at radius 2 is 1.52 bits per heavy atom. The van der Waals surface area contributed by atoms with Crippen molar-refractivity contribution >= 4 is 44.8 Å². The van der Waals surface area contributed by atoms with Crippen molar-refractivity contribution in [1.82, 2.24) is 0 Å². The topological polar surface area (TPSA) is 12.0 Å². The standard InChI is InChI=1S/C21H18BrCl2N/c1-2-19(14-8-4-3-5-9-14)25-20-11-7-6-10-16(20)21-17(23)12-15(22)13-18(21)24/h3-13,19,25H,2H2,1H3/t19-/m1/s1. The van der Waals surface area contributed by atoms with Gasteiger partial charge in [-0.25, -0.2) is 0 Å². The fourth-order valence-corrected chi connectivity index (χ4v) is 4.33. The zero-order chi connectivity index (χ0) is 17.8. The highest BCUT2D eigenvalue weighted by molar-refractivity contribution is 9.10. The van der Waals surface area contributed by atoms with Crippen LogP contribution in [-0.4, -0.2) is 0 Å². The summed E-state index contributed by atoms with van der Waals surface area (Å²) in [5.74, 6) is 0. The van der Waals surface area contributed by atoms with Gasteiger partial charge in [-0.2, -0.15) is 0 Å². The minimum atomic E-state index is 0.218. The van der Waals surface area contributed by atoms with Gasteiger partial charge < -0.3 is 5.32 Å². The van der Waals surface area contributed by atoms with Crippen LogP contribution < -0.4 is 5.32 Å². The van der Waals surface area contributed by atoms with E-state index in [1.807, 2.05) is 36.4 Å². The molecule has 4 heteroatoms. The molecule has 1 nitrogen and oxygen atoms in total. The largest absolute Gasteiger partial charge is 0.378 e. The van der Waals surface area contributed by atoms with E-state index >= 15 is 0 Å². The first kappa shape index (κ1) is 18.3. The number of hydrogen-bond acceptors (Lipinski definition) is 1. The van der Waals surface area contributed by atoms with Gasteiger partial charge in [0.15, 0.2) is 0 Å². The van der Waals surface area contributed by atoms with E-state index in [1.165, 1.54) is 5.56 Å². The second-order valence-corrected chi connectivity index (χ2v) is 7.54. The Kier molecular flexibility index (Phi) is 6.06. The van der Waals surface area contributed by atoms with E-state index in [1.54, 1.807) is 0 Å². The molecule has 128 valence electrons. The second-order valence-electron chi connectivity index (χ2n) is 5.81. The van der Waals surface area contributed by atoms with Crippen LogP contribution >= 0.6 is 39.1 Å². The van der Waals surface area contributed by atoms with Crippen molar-refractivity contribution < 1.29 is 0 Å². The molecule has 0 aromatic heterocycles. The van der Waals surface area contributed by atoms with Gasteiger partial charge in [0.05, 0.1) is 16.1 Å². The summed E-state index contributed by atoms with van der Waals surface area (Å²) in [7, 11) is 0. The van der Waals surface area contributed by atoms with Crippen LogP contribution in [0.1, 0.15) is 24.9 Å². The quantitative estimate of drug-likeness (QED) is 0.429. The van der Waals surface area contributed by atoms with Crippen LogP contribution in [0, 0.1) is 0 Å². The van der Waals surface area contributed by atoms with Crippen molar-refractivity contribution in [2.45, 2.75) is 19.4 Å². The van der Waals surface area contributed by atoms with Crippen molar-refractivity contribution in [3.05, 3.63) is 86.8 Å². The lowest BCUT2D eigenvalue weighted by molar-refractivity contribution is 0.750.